The summed E-state index contributed by atoms with van der Waals surface area (Å²) < 4.78 is 4.99. The standard InChI is InChI=1S/C10H12ClNO2/c1-6(2)14-10(13)8-4-3-7(11)5-9(8)12/h3-6H,12H2,1-2H3. The molecule has 0 saturated carbocycles. The summed E-state index contributed by atoms with van der Waals surface area (Å²) in [5.74, 6) is -0.422. The molecule has 0 bridgehead atoms. The summed E-state index contributed by atoms with van der Waals surface area (Å²) in [6.45, 7) is 3.56. The SMILES string of the molecule is CC(C)OC(=O)c1ccc(Cl)cc1N. The number of anilines is 1. The summed E-state index contributed by atoms with van der Waals surface area (Å²) in [5, 5.41) is 0.503. The van der Waals surface area contributed by atoms with Crippen molar-refractivity contribution in [1.82, 2.24) is 0 Å². The first-order valence-electron chi connectivity index (χ1n) is 4.26. The van der Waals surface area contributed by atoms with Gasteiger partial charge in [0.25, 0.3) is 0 Å². The van der Waals surface area contributed by atoms with Gasteiger partial charge in [0.15, 0.2) is 0 Å². The maximum atomic E-state index is 11.4. The van der Waals surface area contributed by atoms with E-state index in [2.05, 4.69) is 0 Å². The molecule has 0 aliphatic rings. The monoisotopic (exact) mass is 213 g/mol. The van der Waals surface area contributed by atoms with E-state index in [1.807, 2.05) is 0 Å². The van der Waals surface area contributed by atoms with Crippen LogP contribution in [0.2, 0.25) is 5.02 Å². The van der Waals surface area contributed by atoms with E-state index in [1.54, 1.807) is 26.0 Å². The molecule has 0 heterocycles. The van der Waals surface area contributed by atoms with Crippen LogP contribution in [-0.4, -0.2) is 12.1 Å². The van der Waals surface area contributed by atoms with Gasteiger partial charge in [-0.2, -0.15) is 0 Å². The number of carbonyl (C=O) groups excluding carboxylic acids is 1. The molecule has 2 N–H and O–H groups in total. The molecule has 0 saturated heterocycles. The molecule has 1 aromatic carbocycles. The average Bonchev–Trinajstić information content (AvgIpc) is 2.01. The Bertz CT molecular complexity index is 350. The number of rotatable bonds is 2. The number of nitrogen functional groups attached to an aromatic ring is 1. The van der Waals surface area contributed by atoms with Gasteiger partial charge in [-0.25, -0.2) is 4.79 Å². The molecule has 0 radical (unpaired) electrons. The van der Waals surface area contributed by atoms with Gasteiger partial charge >= 0.3 is 5.97 Å². The summed E-state index contributed by atoms with van der Waals surface area (Å²) in [5.41, 5.74) is 6.30. The zero-order chi connectivity index (χ0) is 10.7. The average molecular weight is 214 g/mol. The Balaban J connectivity index is 2.90. The fourth-order valence-corrected chi connectivity index (χ4v) is 1.18. The van der Waals surface area contributed by atoms with Crippen LogP contribution in [0, 0.1) is 0 Å². The third-order valence-corrected chi connectivity index (χ3v) is 1.81. The molecule has 14 heavy (non-hydrogen) atoms. The Labute approximate surface area is 87.8 Å². The minimum Gasteiger partial charge on any atom is -0.459 e. The van der Waals surface area contributed by atoms with Gasteiger partial charge in [0.05, 0.1) is 11.7 Å². The van der Waals surface area contributed by atoms with Crippen molar-refractivity contribution >= 4 is 23.3 Å². The quantitative estimate of drug-likeness (QED) is 0.607. The highest BCUT2D eigenvalue weighted by Crippen LogP contribution is 2.19. The fourth-order valence-electron chi connectivity index (χ4n) is 0.997. The van der Waals surface area contributed by atoms with E-state index < -0.39 is 5.97 Å². The Morgan fingerprint density at radius 1 is 1.50 bits per heavy atom. The van der Waals surface area contributed by atoms with E-state index >= 15 is 0 Å². The van der Waals surface area contributed by atoms with Crippen molar-refractivity contribution in [2.24, 2.45) is 0 Å². The lowest BCUT2D eigenvalue weighted by Crippen LogP contribution is -2.13. The van der Waals surface area contributed by atoms with Gasteiger partial charge in [0, 0.05) is 10.7 Å². The number of halogens is 1. The summed E-state index contributed by atoms with van der Waals surface area (Å²) in [7, 11) is 0. The lowest BCUT2D eigenvalue weighted by atomic mass is 10.2. The van der Waals surface area contributed by atoms with Crippen LogP contribution >= 0.6 is 11.6 Å². The van der Waals surface area contributed by atoms with Gasteiger partial charge in [-0.1, -0.05) is 11.6 Å². The highest BCUT2D eigenvalue weighted by molar-refractivity contribution is 6.31. The number of benzene rings is 1. The highest BCUT2D eigenvalue weighted by Gasteiger charge is 2.12. The van der Waals surface area contributed by atoms with Crippen LogP contribution in [0.3, 0.4) is 0 Å². The predicted molar refractivity (Wildman–Crippen MR) is 56.4 cm³/mol. The van der Waals surface area contributed by atoms with Gasteiger partial charge < -0.3 is 10.5 Å². The molecule has 76 valence electrons. The number of carbonyl (C=O) groups is 1. The Morgan fingerprint density at radius 3 is 2.64 bits per heavy atom. The minimum absolute atomic E-state index is 0.155. The van der Waals surface area contributed by atoms with Crippen molar-refractivity contribution in [3.05, 3.63) is 28.8 Å². The largest absolute Gasteiger partial charge is 0.459 e. The second-order valence-corrected chi connectivity index (χ2v) is 3.62. The second-order valence-electron chi connectivity index (χ2n) is 3.19. The molecule has 0 atom stereocenters. The predicted octanol–water partition coefficient (Wildman–Crippen LogP) is 2.49. The molecule has 3 nitrogen and oxygen atoms in total. The minimum atomic E-state index is -0.422. The molecule has 0 amide bonds. The van der Waals surface area contributed by atoms with Crippen LogP contribution in [0.1, 0.15) is 24.2 Å². The van der Waals surface area contributed by atoms with Crippen molar-refractivity contribution in [3.63, 3.8) is 0 Å². The third-order valence-electron chi connectivity index (χ3n) is 1.58. The van der Waals surface area contributed by atoms with Gasteiger partial charge in [-0.3, -0.25) is 0 Å². The first-order valence-corrected chi connectivity index (χ1v) is 4.64. The number of hydrogen-bond acceptors (Lipinski definition) is 3. The van der Waals surface area contributed by atoms with Crippen molar-refractivity contribution in [2.75, 3.05) is 5.73 Å². The van der Waals surface area contributed by atoms with E-state index in [0.29, 0.717) is 16.3 Å². The van der Waals surface area contributed by atoms with Gasteiger partial charge in [0.1, 0.15) is 0 Å². The molecule has 0 aliphatic carbocycles. The number of hydrogen-bond donors (Lipinski definition) is 1. The highest BCUT2D eigenvalue weighted by atomic mass is 35.5. The first kappa shape index (κ1) is 10.9. The van der Waals surface area contributed by atoms with Crippen molar-refractivity contribution in [1.29, 1.82) is 0 Å². The van der Waals surface area contributed by atoms with Crippen LogP contribution in [-0.2, 0) is 4.74 Å². The summed E-state index contributed by atoms with van der Waals surface area (Å²) in [6, 6.07) is 4.69. The lowest BCUT2D eigenvalue weighted by molar-refractivity contribution is 0.0379. The van der Waals surface area contributed by atoms with Crippen molar-refractivity contribution in [2.45, 2.75) is 20.0 Å². The van der Waals surface area contributed by atoms with E-state index in [4.69, 9.17) is 22.1 Å². The molecule has 0 unspecified atom stereocenters. The smallest absolute Gasteiger partial charge is 0.340 e. The van der Waals surface area contributed by atoms with Crippen molar-refractivity contribution < 1.29 is 9.53 Å². The molecular formula is C10H12ClNO2. The number of nitrogens with two attached hydrogens (primary N) is 1. The molecule has 4 heteroatoms. The van der Waals surface area contributed by atoms with E-state index in [0.717, 1.165) is 0 Å². The summed E-state index contributed by atoms with van der Waals surface area (Å²) in [6.07, 6.45) is -0.155. The Morgan fingerprint density at radius 2 is 2.14 bits per heavy atom. The van der Waals surface area contributed by atoms with Crippen LogP contribution in [0.15, 0.2) is 18.2 Å². The molecule has 1 aromatic rings. The maximum Gasteiger partial charge on any atom is 0.340 e. The normalized spacial score (nSPS) is 10.3. The van der Waals surface area contributed by atoms with Gasteiger partial charge in [-0.05, 0) is 32.0 Å². The molecule has 1 rings (SSSR count). The summed E-state index contributed by atoms with van der Waals surface area (Å²) >= 11 is 5.70. The fraction of sp³-hybridized carbons (Fsp3) is 0.300. The van der Waals surface area contributed by atoms with E-state index in [-0.39, 0.29) is 6.10 Å². The number of esters is 1. The lowest BCUT2D eigenvalue weighted by Gasteiger charge is -2.09. The third kappa shape index (κ3) is 2.64. The van der Waals surface area contributed by atoms with Crippen LogP contribution in [0.4, 0.5) is 5.69 Å². The molecule has 0 aromatic heterocycles. The van der Waals surface area contributed by atoms with Gasteiger partial charge in [0.2, 0.25) is 0 Å². The first-order chi connectivity index (χ1) is 6.50. The topological polar surface area (TPSA) is 52.3 Å². The zero-order valence-corrected chi connectivity index (χ0v) is 8.84. The Kier molecular flexibility index (Phi) is 3.36. The summed E-state index contributed by atoms with van der Waals surface area (Å²) in [4.78, 5) is 11.4. The molecular weight excluding hydrogens is 202 g/mol. The Hall–Kier alpha value is -1.22. The van der Waals surface area contributed by atoms with E-state index in [1.165, 1.54) is 6.07 Å². The molecule has 0 spiro atoms. The molecule has 0 aliphatic heterocycles. The van der Waals surface area contributed by atoms with Crippen LogP contribution in [0.5, 0.6) is 0 Å². The maximum absolute atomic E-state index is 11.4. The second kappa shape index (κ2) is 4.33. The van der Waals surface area contributed by atoms with Gasteiger partial charge in [-0.15, -0.1) is 0 Å². The zero-order valence-electron chi connectivity index (χ0n) is 8.08. The number of ether oxygens (including phenoxy) is 1. The molecule has 0 fully saturated rings. The van der Waals surface area contributed by atoms with Crippen LogP contribution in [0.25, 0.3) is 0 Å². The van der Waals surface area contributed by atoms with Crippen LogP contribution < -0.4 is 5.73 Å². The van der Waals surface area contributed by atoms with E-state index in [9.17, 15) is 4.79 Å². The van der Waals surface area contributed by atoms with Crippen molar-refractivity contribution in [3.8, 4) is 0 Å².